The summed E-state index contributed by atoms with van der Waals surface area (Å²) < 4.78 is 0. The molecule has 3 N–H and O–H groups in total. The second-order valence-corrected chi connectivity index (χ2v) is 11.1. The van der Waals surface area contributed by atoms with Crippen molar-refractivity contribution in [3.05, 3.63) is 117 Å². The normalized spacial score (nSPS) is 12.2. The Morgan fingerprint density at radius 2 is 1.53 bits per heavy atom. The van der Waals surface area contributed by atoms with Gasteiger partial charge in [-0.2, -0.15) is 0 Å². The summed E-state index contributed by atoms with van der Waals surface area (Å²) in [4.78, 5) is 2.49. The lowest BCUT2D eigenvalue weighted by molar-refractivity contribution is 0.239. The van der Waals surface area contributed by atoms with Crippen LogP contribution in [-0.4, -0.2) is 22.6 Å². The van der Waals surface area contributed by atoms with Crippen molar-refractivity contribution in [2.24, 2.45) is 5.73 Å². The molecule has 3 rings (SSSR count). The SMILES string of the molecule is C=C(O)C(N)CCN(Cc1ccccc1C)Cc1cc(CCCC)c(C)cc1CCc1ccc(C)c(C)c1. The van der Waals surface area contributed by atoms with Crippen molar-refractivity contribution in [3.63, 3.8) is 0 Å². The average Bonchev–Trinajstić information content (AvgIpc) is 2.89. The Labute approximate surface area is 231 Å². The van der Waals surface area contributed by atoms with E-state index < -0.39 is 6.04 Å². The van der Waals surface area contributed by atoms with Gasteiger partial charge in [0.05, 0.1) is 6.04 Å². The molecule has 0 aliphatic heterocycles. The van der Waals surface area contributed by atoms with Crippen LogP contribution in [-0.2, 0) is 32.4 Å². The molecule has 0 fully saturated rings. The van der Waals surface area contributed by atoms with E-state index in [1.54, 1.807) is 0 Å². The van der Waals surface area contributed by atoms with E-state index in [0.717, 1.165) is 38.9 Å². The summed E-state index contributed by atoms with van der Waals surface area (Å²) in [5.41, 5.74) is 18.6. The topological polar surface area (TPSA) is 49.5 Å². The number of aliphatic hydroxyl groups excluding tert-OH is 1. The van der Waals surface area contributed by atoms with Crippen molar-refractivity contribution in [3.8, 4) is 0 Å². The molecule has 1 unspecified atom stereocenters. The second-order valence-electron chi connectivity index (χ2n) is 11.1. The largest absolute Gasteiger partial charge is 0.511 e. The van der Waals surface area contributed by atoms with Gasteiger partial charge in [0.2, 0.25) is 0 Å². The molecule has 0 aromatic heterocycles. The monoisotopic (exact) mass is 512 g/mol. The molecule has 204 valence electrons. The molecule has 0 saturated heterocycles. The third kappa shape index (κ3) is 8.58. The molecular formula is C35H48N2O. The number of nitrogens with two attached hydrogens (primary N) is 1. The summed E-state index contributed by atoms with van der Waals surface area (Å²) >= 11 is 0. The lowest BCUT2D eigenvalue weighted by atomic mass is 9.92. The fraction of sp³-hybridized carbons (Fsp3) is 0.429. The first kappa shape index (κ1) is 29.7. The van der Waals surface area contributed by atoms with Crippen LogP contribution in [0.2, 0.25) is 0 Å². The molecule has 0 radical (unpaired) electrons. The number of aryl methyl sites for hydroxylation is 7. The van der Waals surface area contributed by atoms with Gasteiger partial charge in [0, 0.05) is 19.6 Å². The van der Waals surface area contributed by atoms with Gasteiger partial charge in [-0.3, -0.25) is 4.90 Å². The van der Waals surface area contributed by atoms with Crippen molar-refractivity contribution in [1.82, 2.24) is 4.90 Å². The summed E-state index contributed by atoms with van der Waals surface area (Å²) in [5, 5.41) is 9.83. The highest BCUT2D eigenvalue weighted by Gasteiger charge is 2.16. The summed E-state index contributed by atoms with van der Waals surface area (Å²) in [6, 6.07) is 20.0. The van der Waals surface area contributed by atoms with Gasteiger partial charge in [-0.15, -0.1) is 0 Å². The van der Waals surface area contributed by atoms with Crippen LogP contribution in [0.3, 0.4) is 0 Å². The van der Waals surface area contributed by atoms with Crippen molar-refractivity contribution < 1.29 is 5.11 Å². The predicted molar refractivity (Wildman–Crippen MR) is 163 cm³/mol. The molecule has 3 aromatic carbocycles. The zero-order valence-corrected chi connectivity index (χ0v) is 24.3. The predicted octanol–water partition coefficient (Wildman–Crippen LogP) is 7.84. The second kappa shape index (κ2) is 14.3. The number of hydrogen-bond donors (Lipinski definition) is 2. The summed E-state index contributed by atoms with van der Waals surface area (Å²) in [5.74, 6) is 0.0621. The molecule has 3 nitrogen and oxygen atoms in total. The molecule has 0 heterocycles. The van der Waals surface area contributed by atoms with Gasteiger partial charge in [0.15, 0.2) is 0 Å². The molecule has 1 atom stereocenters. The Morgan fingerprint density at radius 3 is 2.21 bits per heavy atom. The van der Waals surface area contributed by atoms with Crippen LogP contribution in [0.1, 0.15) is 76.3 Å². The first-order valence-electron chi connectivity index (χ1n) is 14.3. The number of aliphatic hydroxyl groups is 1. The summed E-state index contributed by atoms with van der Waals surface area (Å²) in [6.07, 6.45) is 6.27. The molecule has 0 aliphatic rings. The van der Waals surface area contributed by atoms with E-state index in [1.807, 2.05) is 0 Å². The van der Waals surface area contributed by atoms with Crippen LogP contribution in [0.15, 0.2) is 66.9 Å². The van der Waals surface area contributed by atoms with E-state index in [1.165, 1.54) is 62.9 Å². The molecule has 3 heteroatoms. The summed E-state index contributed by atoms with van der Waals surface area (Å²) in [7, 11) is 0. The van der Waals surface area contributed by atoms with Gasteiger partial charge >= 0.3 is 0 Å². The minimum absolute atomic E-state index is 0.0621. The van der Waals surface area contributed by atoms with E-state index in [0.29, 0.717) is 6.42 Å². The van der Waals surface area contributed by atoms with E-state index in [2.05, 4.69) is 101 Å². The van der Waals surface area contributed by atoms with E-state index in [9.17, 15) is 5.11 Å². The molecule has 3 aromatic rings. The highest BCUT2D eigenvalue weighted by Crippen LogP contribution is 2.24. The number of hydrogen-bond acceptors (Lipinski definition) is 3. The molecule has 0 saturated carbocycles. The van der Waals surface area contributed by atoms with Gasteiger partial charge < -0.3 is 10.8 Å². The van der Waals surface area contributed by atoms with E-state index in [4.69, 9.17) is 5.73 Å². The quantitative estimate of drug-likeness (QED) is 0.216. The summed E-state index contributed by atoms with van der Waals surface area (Å²) in [6.45, 7) is 17.3. The van der Waals surface area contributed by atoms with Gasteiger partial charge in [0.25, 0.3) is 0 Å². The Balaban J connectivity index is 1.91. The maximum Gasteiger partial charge on any atom is 0.102 e. The number of rotatable bonds is 14. The zero-order valence-electron chi connectivity index (χ0n) is 24.3. The van der Waals surface area contributed by atoms with E-state index in [-0.39, 0.29) is 5.76 Å². The minimum Gasteiger partial charge on any atom is -0.511 e. The number of benzene rings is 3. The van der Waals surface area contributed by atoms with Crippen LogP contribution in [0.5, 0.6) is 0 Å². The Hall–Kier alpha value is -2.88. The first-order valence-corrected chi connectivity index (χ1v) is 14.3. The van der Waals surface area contributed by atoms with Crippen molar-refractivity contribution >= 4 is 0 Å². The molecule has 0 spiro atoms. The van der Waals surface area contributed by atoms with Crippen LogP contribution in [0.25, 0.3) is 0 Å². The zero-order chi connectivity index (χ0) is 27.7. The lowest BCUT2D eigenvalue weighted by Gasteiger charge is -2.27. The molecule has 0 aliphatic carbocycles. The van der Waals surface area contributed by atoms with Crippen molar-refractivity contribution in [1.29, 1.82) is 0 Å². The van der Waals surface area contributed by atoms with Crippen LogP contribution < -0.4 is 5.73 Å². The third-order valence-corrected chi connectivity index (χ3v) is 7.95. The number of unbranched alkanes of at least 4 members (excludes halogenated alkanes) is 1. The third-order valence-electron chi connectivity index (χ3n) is 7.95. The Kier molecular flexibility index (Phi) is 11.2. The van der Waals surface area contributed by atoms with Crippen molar-refractivity contribution in [2.45, 2.75) is 92.3 Å². The van der Waals surface area contributed by atoms with Gasteiger partial charge in [-0.05, 0) is 110 Å². The highest BCUT2D eigenvalue weighted by atomic mass is 16.3. The Morgan fingerprint density at radius 1 is 0.789 bits per heavy atom. The van der Waals surface area contributed by atoms with Crippen molar-refractivity contribution in [2.75, 3.05) is 6.54 Å². The number of nitrogens with zero attached hydrogens (tertiary/aromatic N) is 1. The standard InChI is InChI=1S/C35H48N2O/c1-7-8-12-31-22-34(32(21-28(31)5)17-16-30-15-14-25(2)27(4)20-30)24-37(19-18-35(36)29(6)38)23-33-13-10-9-11-26(33)3/h9-11,13-15,20-22,35,38H,6-8,12,16-19,23-24,36H2,1-5H3. The molecule has 0 bridgehead atoms. The lowest BCUT2D eigenvalue weighted by Crippen LogP contribution is -2.31. The minimum atomic E-state index is -0.406. The first-order chi connectivity index (χ1) is 18.2. The highest BCUT2D eigenvalue weighted by molar-refractivity contribution is 5.39. The smallest absolute Gasteiger partial charge is 0.102 e. The van der Waals surface area contributed by atoms with Gasteiger partial charge in [0.1, 0.15) is 5.76 Å². The fourth-order valence-electron chi connectivity index (χ4n) is 5.09. The van der Waals surface area contributed by atoms with Crippen LogP contribution >= 0.6 is 0 Å². The maximum atomic E-state index is 9.83. The average molecular weight is 513 g/mol. The molecule has 38 heavy (non-hydrogen) atoms. The van der Waals surface area contributed by atoms with E-state index >= 15 is 0 Å². The Bertz CT molecular complexity index is 1210. The van der Waals surface area contributed by atoms with Crippen LogP contribution in [0.4, 0.5) is 0 Å². The van der Waals surface area contributed by atoms with Gasteiger partial charge in [-0.1, -0.05) is 74.5 Å². The van der Waals surface area contributed by atoms with Crippen LogP contribution in [0, 0.1) is 27.7 Å². The maximum absolute atomic E-state index is 9.83. The molecular weight excluding hydrogens is 464 g/mol. The van der Waals surface area contributed by atoms with Gasteiger partial charge in [-0.25, -0.2) is 0 Å². The molecule has 0 amide bonds. The fourth-order valence-corrected chi connectivity index (χ4v) is 5.09.